The third kappa shape index (κ3) is 2.02. The van der Waals surface area contributed by atoms with E-state index < -0.39 is 0 Å². The molecule has 0 aliphatic carbocycles. The van der Waals surface area contributed by atoms with Crippen molar-refractivity contribution < 1.29 is 0 Å². The molecule has 1 nitrogen and oxygen atoms in total. The molecule has 0 saturated heterocycles. The lowest BCUT2D eigenvalue weighted by Crippen LogP contribution is -2.14. The van der Waals surface area contributed by atoms with Gasteiger partial charge in [-0.1, -0.05) is 43.6 Å². The second-order valence-electron chi connectivity index (χ2n) is 3.89. The molecular formula is C13H9Br2NS. The van der Waals surface area contributed by atoms with Gasteiger partial charge in [-0.2, -0.15) is 0 Å². The van der Waals surface area contributed by atoms with E-state index in [1.165, 1.54) is 21.2 Å². The van der Waals surface area contributed by atoms with Gasteiger partial charge in [0.15, 0.2) is 0 Å². The summed E-state index contributed by atoms with van der Waals surface area (Å²) in [5.41, 5.74) is 2.50. The Morgan fingerprint density at radius 1 is 0.882 bits per heavy atom. The topological polar surface area (TPSA) is 3.24 Å². The van der Waals surface area contributed by atoms with E-state index in [0.29, 0.717) is 0 Å². The number of nitrogens with zero attached hydrogens (tertiary/aromatic N) is 1. The molecule has 0 unspecified atom stereocenters. The molecule has 0 N–H and O–H groups in total. The van der Waals surface area contributed by atoms with Crippen LogP contribution >= 0.6 is 43.6 Å². The number of halogens is 2. The molecule has 0 saturated carbocycles. The van der Waals surface area contributed by atoms with Gasteiger partial charge in [-0.05, 0) is 36.4 Å². The average Bonchev–Trinajstić information content (AvgIpc) is 2.30. The monoisotopic (exact) mass is 369 g/mol. The van der Waals surface area contributed by atoms with Crippen molar-refractivity contribution in [3.63, 3.8) is 0 Å². The van der Waals surface area contributed by atoms with E-state index >= 15 is 0 Å². The van der Waals surface area contributed by atoms with E-state index in [2.05, 4.69) is 80.2 Å². The van der Waals surface area contributed by atoms with Crippen LogP contribution in [-0.2, 0) is 0 Å². The lowest BCUT2D eigenvalue weighted by atomic mass is 10.2. The fourth-order valence-electron chi connectivity index (χ4n) is 1.93. The quantitative estimate of drug-likeness (QED) is 0.607. The first-order chi connectivity index (χ1) is 8.15. The fourth-order valence-corrected chi connectivity index (χ4v) is 3.96. The van der Waals surface area contributed by atoms with Crippen LogP contribution in [0.3, 0.4) is 0 Å². The van der Waals surface area contributed by atoms with Gasteiger partial charge >= 0.3 is 0 Å². The smallest absolute Gasteiger partial charge is 0.0561 e. The number of fused-ring (bicyclic) bond motifs is 2. The van der Waals surface area contributed by atoms with Gasteiger partial charge in [0.25, 0.3) is 0 Å². The first-order valence-electron chi connectivity index (χ1n) is 5.16. The summed E-state index contributed by atoms with van der Waals surface area (Å²) in [6.45, 7) is 0. The summed E-state index contributed by atoms with van der Waals surface area (Å²) in [5.74, 6) is 0. The summed E-state index contributed by atoms with van der Waals surface area (Å²) < 4.78 is 2.24. The van der Waals surface area contributed by atoms with Crippen LogP contribution in [0.25, 0.3) is 0 Å². The van der Waals surface area contributed by atoms with Gasteiger partial charge < -0.3 is 4.90 Å². The zero-order valence-corrected chi connectivity index (χ0v) is 13.1. The van der Waals surface area contributed by atoms with E-state index in [1.807, 2.05) is 11.8 Å². The molecule has 3 rings (SSSR count). The Hall–Kier alpha value is -0.450. The number of hydrogen-bond acceptors (Lipinski definition) is 2. The van der Waals surface area contributed by atoms with Crippen molar-refractivity contribution in [1.82, 2.24) is 0 Å². The second kappa shape index (κ2) is 4.34. The minimum absolute atomic E-state index is 1.12. The summed E-state index contributed by atoms with van der Waals surface area (Å²) >= 11 is 8.87. The molecule has 86 valence electrons. The van der Waals surface area contributed by atoms with Crippen LogP contribution in [0.5, 0.6) is 0 Å². The molecular weight excluding hydrogens is 362 g/mol. The SMILES string of the molecule is CN1c2ccc(Br)cc2Sc2ccc(Br)cc21. The van der Waals surface area contributed by atoms with Crippen molar-refractivity contribution in [2.24, 2.45) is 0 Å². The van der Waals surface area contributed by atoms with E-state index in [4.69, 9.17) is 0 Å². The third-order valence-electron chi connectivity index (χ3n) is 2.79. The molecule has 0 amide bonds. The highest BCUT2D eigenvalue weighted by Gasteiger charge is 2.20. The van der Waals surface area contributed by atoms with Crippen LogP contribution in [-0.4, -0.2) is 7.05 Å². The van der Waals surface area contributed by atoms with Gasteiger partial charge in [-0.3, -0.25) is 0 Å². The fraction of sp³-hybridized carbons (Fsp3) is 0.0769. The number of rotatable bonds is 0. The average molecular weight is 371 g/mol. The lowest BCUT2D eigenvalue weighted by Gasteiger charge is -2.29. The van der Waals surface area contributed by atoms with Crippen LogP contribution in [0, 0.1) is 0 Å². The maximum atomic E-state index is 3.53. The Balaban J connectivity index is 2.17. The zero-order valence-electron chi connectivity index (χ0n) is 9.08. The van der Waals surface area contributed by atoms with E-state index in [0.717, 1.165) is 8.95 Å². The summed E-state index contributed by atoms with van der Waals surface area (Å²) in [6, 6.07) is 12.8. The van der Waals surface area contributed by atoms with Gasteiger partial charge in [0.2, 0.25) is 0 Å². The molecule has 1 aliphatic heterocycles. The molecule has 0 spiro atoms. The van der Waals surface area contributed by atoms with E-state index in [-0.39, 0.29) is 0 Å². The van der Waals surface area contributed by atoms with Crippen LogP contribution in [0.1, 0.15) is 0 Å². The Kier molecular flexibility index (Phi) is 2.97. The van der Waals surface area contributed by atoms with Crippen molar-refractivity contribution in [2.75, 3.05) is 11.9 Å². The van der Waals surface area contributed by atoms with Crippen molar-refractivity contribution in [3.8, 4) is 0 Å². The van der Waals surface area contributed by atoms with Crippen LogP contribution in [0.15, 0.2) is 55.1 Å². The van der Waals surface area contributed by atoms with Gasteiger partial charge in [-0.25, -0.2) is 0 Å². The van der Waals surface area contributed by atoms with Gasteiger partial charge in [0.1, 0.15) is 0 Å². The Labute approximate surface area is 121 Å². The Morgan fingerprint density at radius 2 is 1.59 bits per heavy atom. The minimum Gasteiger partial charge on any atom is -0.343 e. The molecule has 0 fully saturated rings. The normalized spacial score (nSPS) is 13.2. The molecule has 0 aromatic heterocycles. The van der Waals surface area contributed by atoms with Crippen LogP contribution < -0.4 is 4.90 Å². The highest BCUT2D eigenvalue weighted by molar-refractivity contribution is 9.10. The van der Waals surface area contributed by atoms with Crippen molar-refractivity contribution in [1.29, 1.82) is 0 Å². The van der Waals surface area contributed by atoms with Gasteiger partial charge in [0.05, 0.1) is 11.4 Å². The Bertz CT molecular complexity index is 598. The zero-order chi connectivity index (χ0) is 12.0. The molecule has 2 aromatic rings. The predicted octanol–water partition coefficient (Wildman–Crippen LogP) is 5.44. The summed E-state index contributed by atoms with van der Waals surface area (Å²) in [5, 5.41) is 0. The summed E-state index contributed by atoms with van der Waals surface area (Å²) in [7, 11) is 2.11. The molecule has 0 bridgehead atoms. The van der Waals surface area contributed by atoms with Gasteiger partial charge in [0, 0.05) is 25.8 Å². The first kappa shape index (κ1) is 11.6. The maximum absolute atomic E-state index is 3.53. The van der Waals surface area contributed by atoms with Crippen LogP contribution in [0.4, 0.5) is 11.4 Å². The number of benzene rings is 2. The summed E-state index contributed by atoms with van der Waals surface area (Å²) in [6.07, 6.45) is 0. The molecule has 17 heavy (non-hydrogen) atoms. The number of anilines is 2. The van der Waals surface area contributed by atoms with Gasteiger partial charge in [-0.15, -0.1) is 0 Å². The highest BCUT2D eigenvalue weighted by Crippen LogP contribution is 2.48. The second-order valence-corrected chi connectivity index (χ2v) is 6.80. The van der Waals surface area contributed by atoms with Crippen molar-refractivity contribution in [3.05, 3.63) is 45.3 Å². The molecule has 1 aliphatic rings. The molecule has 0 atom stereocenters. The van der Waals surface area contributed by atoms with Crippen molar-refractivity contribution in [2.45, 2.75) is 9.79 Å². The Morgan fingerprint density at radius 3 is 2.41 bits per heavy atom. The predicted molar refractivity (Wildman–Crippen MR) is 80.5 cm³/mol. The summed E-state index contributed by atoms with van der Waals surface area (Å²) in [4.78, 5) is 4.82. The lowest BCUT2D eigenvalue weighted by molar-refractivity contribution is 1.11. The van der Waals surface area contributed by atoms with Crippen LogP contribution in [0.2, 0.25) is 0 Å². The highest BCUT2D eigenvalue weighted by atomic mass is 79.9. The van der Waals surface area contributed by atoms with E-state index in [1.54, 1.807) is 0 Å². The minimum atomic E-state index is 1.12. The van der Waals surface area contributed by atoms with E-state index in [9.17, 15) is 0 Å². The molecule has 0 radical (unpaired) electrons. The first-order valence-corrected chi connectivity index (χ1v) is 7.56. The molecule has 1 heterocycles. The number of hydrogen-bond donors (Lipinski definition) is 0. The standard InChI is InChI=1S/C13H9Br2NS/c1-16-10-4-2-9(15)7-13(10)17-12-5-3-8(14)6-11(12)16/h2-7H,1H3. The molecule has 2 aromatic carbocycles. The van der Waals surface area contributed by atoms with Crippen molar-refractivity contribution >= 4 is 55.0 Å². The molecule has 4 heteroatoms. The third-order valence-corrected chi connectivity index (χ3v) is 4.88. The maximum Gasteiger partial charge on any atom is 0.0561 e. The largest absolute Gasteiger partial charge is 0.343 e.